The third-order valence-electron chi connectivity index (χ3n) is 5.30. The average Bonchev–Trinajstić information content (AvgIpc) is 3.24. The third kappa shape index (κ3) is 3.14. The highest BCUT2D eigenvalue weighted by atomic mass is 16.5. The number of carbonyl (C=O) groups excluding carboxylic acids is 1. The molecular formula is C23H20N4O3. The fourth-order valence-electron chi connectivity index (χ4n) is 3.76. The number of carbonyl (C=O) groups is 1. The topological polar surface area (TPSA) is 77.8 Å². The Balaban J connectivity index is 1.46. The molecule has 30 heavy (non-hydrogen) atoms. The number of ether oxygens (including phenoxy) is 2. The molecule has 1 aliphatic heterocycles. The van der Waals surface area contributed by atoms with Gasteiger partial charge in [0.25, 0.3) is 5.91 Å². The molecule has 1 unspecified atom stereocenters. The van der Waals surface area contributed by atoms with Crippen LogP contribution in [0.2, 0.25) is 0 Å². The zero-order valence-corrected chi connectivity index (χ0v) is 16.4. The van der Waals surface area contributed by atoms with E-state index in [1.54, 1.807) is 24.0 Å². The fraction of sp³-hybridized carbons (Fsp3) is 0.174. The van der Waals surface area contributed by atoms with Crippen molar-refractivity contribution in [2.24, 2.45) is 0 Å². The Kier molecular flexibility index (Phi) is 4.55. The van der Waals surface area contributed by atoms with E-state index in [4.69, 9.17) is 9.47 Å². The van der Waals surface area contributed by atoms with Crippen LogP contribution >= 0.6 is 0 Å². The lowest BCUT2D eigenvalue weighted by Crippen LogP contribution is -2.32. The standard InChI is InChI=1S/C23H20N4O3/c1-29-16-8-6-15(7-9-16)20-10-12-24-22-18(14-25-27(20)22)23(28)26-19-11-13-30-21-5-3-2-4-17(19)21/h2-10,12,14,19H,11,13H2,1H3,(H,26,28). The zero-order valence-electron chi connectivity index (χ0n) is 16.4. The summed E-state index contributed by atoms with van der Waals surface area (Å²) in [5.41, 5.74) is 3.74. The molecule has 0 saturated carbocycles. The van der Waals surface area contributed by atoms with Gasteiger partial charge in [-0.3, -0.25) is 4.79 Å². The second kappa shape index (κ2) is 7.51. The van der Waals surface area contributed by atoms with Crippen LogP contribution in [0.4, 0.5) is 0 Å². The Hall–Kier alpha value is -3.87. The summed E-state index contributed by atoms with van der Waals surface area (Å²) in [6.07, 6.45) is 3.97. The van der Waals surface area contributed by atoms with E-state index in [-0.39, 0.29) is 11.9 Å². The van der Waals surface area contributed by atoms with E-state index in [0.29, 0.717) is 24.2 Å². The minimum absolute atomic E-state index is 0.109. The van der Waals surface area contributed by atoms with Crippen LogP contribution in [0, 0.1) is 0 Å². The molecule has 1 N–H and O–H groups in total. The number of hydrogen-bond donors (Lipinski definition) is 1. The van der Waals surface area contributed by atoms with Gasteiger partial charge in [-0.15, -0.1) is 0 Å². The second-order valence-corrected chi connectivity index (χ2v) is 7.05. The van der Waals surface area contributed by atoms with Crippen LogP contribution in [-0.2, 0) is 0 Å². The molecule has 4 aromatic rings. The lowest BCUT2D eigenvalue weighted by atomic mass is 10.0. The van der Waals surface area contributed by atoms with Crippen molar-refractivity contribution in [1.29, 1.82) is 0 Å². The van der Waals surface area contributed by atoms with Gasteiger partial charge in [0.1, 0.15) is 17.1 Å². The van der Waals surface area contributed by atoms with Gasteiger partial charge in [0, 0.05) is 23.7 Å². The van der Waals surface area contributed by atoms with Crippen molar-refractivity contribution in [3.63, 3.8) is 0 Å². The van der Waals surface area contributed by atoms with Gasteiger partial charge < -0.3 is 14.8 Å². The lowest BCUT2D eigenvalue weighted by molar-refractivity contribution is 0.0926. The summed E-state index contributed by atoms with van der Waals surface area (Å²) in [7, 11) is 1.63. The Bertz CT molecular complexity index is 1220. The molecule has 7 nitrogen and oxygen atoms in total. The predicted octanol–water partition coefficient (Wildman–Crippen LogP) is 3.66. The average molecular weight is 400 g/mol. The van der Waals surface area contributed by atoms with Crippen LogP contribution in [0.25, 0.3) is 16.9 Å². The molecule has 0 bridgehead atoms. The summed E-state index contributed by atoms with van der Waals surface area (Å²) in [6, 6.07) is 17.2. The summed E-state index contributed by atoms with van der Waals surface area (Å²) < 4.78 is 12.6. The minimum Gasteiger partial charge on any atom is -0.497 e. The number of amides is 1. The number of para-hydroxylation sites is 1. The van der Waals surface area contributed by atoms with Gasteiger partial charge in [0.2, 0.25) is 0 Å². The van der Waals surface area contributed by atoms with Crippen molar-refractivity contribution in [3.05, 3.63) is 78.1 Å². The molecule has 0 fully saturated rings. The van der Waals surface area contributed by atoms with Crippen molar-refractivity contribution in [1.82, 2.24) is 19.9 Å². The summed E-state index contributed by atoms with van der Waals surface area (Å²) in [5.74, 6) is 1.39. The number of nitrogens with zero attached hydrogens (tertiary/aromatic N) is 3. The highest BCUT2D eigenvalue weighted by Crippen LogP contribution is 2.32. The van der Waals surface area contributed by atoms with Gasteiger partial charge >= 0.3 is 0 Å². The first-order valence-electron chi connectivity index (χ1n) is 9.74. The summed E-state index contributed by atoms with van der Waals surface area (Å²) >= 11 is 0. The SMILES string of the molecule is COc1ccc(-c2ccnc3c(C(=O)NC4CCOc5ccccc54)cnn23)cc1. The van der Waals surface area contributed by atoms with Gasteiger partial charge in [0.15, 0.2) is 5.65 Å². The number of rotatable bonds is 4. The number of fused-ring (bicyclic) bond motifs is 2. The maximum absolute atomic E-state index is 13.1. The van der Waals surface area contributed by atoms with Crippen molar-refractivity contribution in [3.8, 4) is 22.8 Å². The highest BCUT2D eigenvalue weighted by molar-refractivity contribution is 6.00. The van der Waals surface area contributed by atoms with E-state index in [1.807, 2.05) is 54.6 Å². The van der Waals surface area contributed by atoms with E-state index >= 15 is 0 Å². The Labute approximate surface area is 173 Å². The molecule has 5 rings (SSSR count). The molecular weight excluding hydrogens is 380 g/mol. The molecule has 0 radical (unpaired) electrons. The predicted molar refractivity (Wildman–Crippen MR) is 112 cm³/mol. The summed E-state index contributed by atoms with van der Waals surface area (Å²) in [6.45, 7) is 0.566. The largest absolute Gasteiger partial charge is 0.497 e. The molecule has 1 aliphatic rings. The maximum Gasteiger partial charge on any atom is 0.257 e. The van der Waals surface area contributed by atoms with E-state index < -0.39 is 0 Å². The first-order valence-corrected chi connectivity index (χ1v) is 9.74. The van der Waals surface area contributed by atoms with Crippen LogP contribution < -0.4 is 14.8 Å². The van der Waals surface area contributed by atoms with Crippen LogP contribution in [0.15, 0.2) is 67.0 Å². The first kappa shape index (κ1) is 18.2. The molecule has 1 atom stereocenters. The molecule has 2 aromatic carbocycles. The van der Waals surface area contributed by atoms with E-state index in [2.05, 4.69) is 15.4 Å². The van der Waals surface area contributed by atoms with Crippen LogP contribution in [0.5, 0.6) is 11.5 Å². The first-order chi connectivity index (χ1) is 14.7. The Morgan fingerprint density at radius 2 is 2.00 bits per heavy atom. The van der Waals surface area contributed by atoms with Gasteiger partial charge in [-0.1, -0.05) is 18.2 Å². The molecule has 1 amide bonds. The molecule has 2 aromatic heterocycles. The molecule has 0 spiro atoms. The number of nitrogens with one attached hydrogen (secondary N) is 1. The zero-order chi connectivity index (χ0) is 20.5. The Morgan fingerprint density at radius 1 is 1.17 bits per heavy atom. The normalized spacial score (nSPS) is 15.3. The summed E-state index contributed by atoms with van der Waals surface area (Å²) in [4.78, 5) is 17.5. The van der Waals surface area contributed by atoms with Gasteiger partial charge in [-0.05, 0) is 36.4 Å². The van der Waals surface area contributed by atoms with Crippen molar-refractivity contribution in [2.45, 2.75) is 12.5 Å². The van der Waals surface area contributed by atoms with Gasteiger partial charge in [-0.25, -0.2) is 9.50 Å². The second-order valence-electron chi connectivity index (χ2n) is 7.05. The van der Waals surface area contributed by atoms with E-state index in [9.17, 15) is 4.79 Å². The molecule has 3 heterocycles. The number of methoxy groups -OCH3 is 1. The third-order valence-corrected chi connectivity index (χ3v) is 5.30. The molecule has 150 valence electrons. The van der Waals surface area contributed by atoms with Crippen molar-refractivity contribution < 1.29 is 14.3 Å². The maximum atomic E-state index is 13.1. The van der Waals surface area contributed by atoms with Crippen molar-refractivity contribution >= 4 is 11.6 Å². The minimum atomic E-state index is -0.203. The number of hydrogen-bond acceptors (Lipinski definition) is 5. The lowest BCUT2D eigenvalue weighted by Gasteiger charge is -2.26. The van der Waals surface area contributed by atoms with Gasteiger partial charge in [0.05, 0.1) is 31.6 Å². The summed E-state index contributed by atoms with van der Waals surface area (Å²) in [5, 5.41) is 7.55. The van der Waals surface area contributed by atoms with Crippen LogP contribution in [-0.4, -0.2) is 34.2 Å². The van der Waals surface area contributed by atoms with Gasteiger partial charge in [-0.2, -0.15) is 5.10 Å². The van der Waals surface area contributed by atoms with E-state index in [0.717, 1.165) is 28.3 Å². The van der Waals surface area contributed by atoms with Crippen LogP contribution in [0.3, 0.4) is 0 Å². The van der Waals surface area contributed by atoms with Crippen LogP contribution in [0.1, 0.15) is 28.4 Å². The number of benzene rings is 2. The molecule has 0 aliphatic carbocycles. The van der Waals surface area contributed by atoms with Crippen molar-refractivity contribution in [2.75, 3.05) is 13.7 Å². The molecule has 0 saturated heterocycles. The number of aromatic nitrogens is 3. The Morgan fingerprint density at radius 3 is 2.83 bits per heavy atom. The fourth-order valence-corrected chi connectivity index (χ4v) is 3.76. The van der Waals surface area contributed by atoms with E-state index in [1.165, 1.54) is 0 Å². The highest BCUT2D eigenvalue weighted by Gasteiger charge is 2.25. The monoisotopic (exact) mass is 400 g/mol. The quantitative estimate of drug-likeness (QED) is 0.566. The molecule has 7 heteroatoms. The smallest absolute Gasteiger partial charge is 0.257 e.